The summed E-state index contributed by atoms with van der Waals surface area (Å²) in [6.07, 6.45) is 9.81. The van der Waals surface area contributed by atoms with E-state index in [1.165, 1.54) is 11.0 Å². The fourth-order valence-electron chi connectivity index (χ4n) is 6.30. The summed E-state index contributed by atoms with van der Waals surface area (Å²) in [5.41, 5.74) is 0.307. The SMILES string of the molecule is CC=C1CC2(CC1=CC(C)NC(=O)CN1C(=O)C(C(C)(C)C)=NC1(C)C1=CC(F)=CCC(F)=C1)C(=O)Nc1ncccc12. The van der Waals surface area contributed by atoms with Gasteiger partial charge in [0.15, 0.2) is 5.66 Å². The molecule has 1 spiro atoms. The van der Waals surface area contributed by atoms with E-state index in [1.54, 1.807) is 13.1 Å². The maximum absolute atomic E-state index is 14.5. The number of anilines is 1. The molecule has 2 aliphatic carbocycles. The first-order chi connectivity index (χ1) is 20.2. The quantitative estimate of drug-likeness (QED) is 0.472. The molecule has 10 heteroatoms. The number of nitrogens with zero attached hydrogens (tertiary/aromatic N) is 3. The lowest BCUT2D eigenvalue weighted by Crippen LogP contribution is -2.51. The van der Waals surface area contributed by atoms with E-state index in [-0.39, 0.29) is 30.2 Å². The number of nitrogens with one attached hydrogen (secondary N) is 2. The van der Waals surface area contributed by atoms with Gasteiger partial charge in [-0.25, -0.2) is 13.8 Å². The minimum Gasteiger partial charge on any atom is -0.349 e. The molecule has 2 aliphatic heterocycles. The lowest BCUT2D eigenvalue weighted by atomic mass is 9.80. The largest absolute Gasteiger partial charge is 0.349 e. The van der Waals surface area contributed by atoms with Crippen molar-refractivity contribution in [1.29, 1.82) is 0 Å². The highest BCUT2D eigenvalue weighted by atomic mass is 19.1. The number of fused-ring (bicyclic) bond motifs is 2. The van der Waals surface area contributed by atoms with Crippen molar-refractivity contribution in [2.75, 3.05) is 11.9 Å². The Labute approximate surface area is 250 Å². The molecule has 5 rings (SSSR count). The summed E-state index contributed by atoms with van der Waals surface area (Å²) < 4.78 is 29.0. The number of rotatable bonds is 5. The number of pyridine rings is 1. The molecule has 0 radical (unpaired) electrons. The number of carbonyl (C=O) groups is 3. The standard InChI is InChI=1S/C33H37F2N5O3/c1-7-20-16-33(25-9-8-12-36-28(25)38-30(33)43)17-21(20)13-19(2)37-26(41)18-40-29(42)27(31(3,4)5)39-32(40,6)22-14-23(34)10-11-24(35)15-22/h7-10,12-15,19H,11,16-18H2,1-6H3,(H,37,41)(H,36,38,43). The van der Waals surface area contributed by atoms with Crippen LogP contribution in [0.4, 0.5) is 14.6 Å². The molecular formula is C33H37F2N5O3. The number of aliphatic imine (C=N–C) groups is 1. The Morgan fingerprint density at radius 3 is 2.63 bits per heavy atom. The molecule has 3 unspecified atom stereocenters. The first kappa shape index (κ1) is 30.3. The zero-order valence-electron chi connectivity index (χ0n) is 25.3. The summed E-state index contributed by atoms with van der Waals surface area (Å²) >= 11 is 0. The van der Waals surface area contributed by atoms with Gasteiger partial charge in [-0.15, -0.1) is 0 Å². The van der Waals surface area contributed by atoms with Gasteiger partial charge in [0.2, 0.25) is 11.8 Å². The zero-order valence-corrected chi connectivity index (χ0v) is 25.3. The van der Waals surface area contributed by atoms with E-state index in [9.17, 15) is 23.2 Å². The van der Waals surface area contributed by atoms with Crippen LogP contribution in [0.15, 0.2) is 82.1 Å². The molecule has 1 aromatic heterocycles. The maximum Gasteiger partial charge on any atom is 0.271 e. The normalized spacial score (nSPS) is 28.0. The van der Waals surface area contributed by atoms with Crippen molar-refractivity contribution in [1.82, 2.24) is 15.2 Å². The van der Waals surface area contributed by atoms with Gasteiger partial charge in [0.25, 0.3) is 5.91 Å². The molecule has 3 amide bonds. The molecular weight excluding hydrogens is 552 g/mol. The van der Waals surface area contributed by atoms with E-state index >= 15 is 0 Å². The number of allylic oxidation sites excluding steroid dienone is 7. The third kappa shape index (κ3) is 5.39. The highest BCUT2D eigenvalue weighted by molar-refractivity contribution is 6.42. The van der Waals surface area contributed by atoms with Crippen molar-refractivity contribution in [3.63, 3.8) is 0 Å². The number of aromatic nitrogens is 1. The van der Waals surface area contributed by atoms with Gasteiger partial charge in [-0.1, -0.05) is 39.0 Å². The van der Waals surface area contributed by atoms with Gasteiger partial charge < -0.3 is 10.6 Å². The molecule has 1 fully saturated rings. The fraction of sp³-hybridized carbons (Fsp3) is 0.424. The van der Waals surface area contributed by atoms with Crippen molar-refractivity contribution in [2.45, 2.75) is 77.9 Å². The van der Waals surface area contributed by atoms with Gasteiger partial charge in [0.05, 0.1) is 5.41 Å². The summed E-state index contributed by atoms with van der Waals surface area (Å²) in [7, 11) is 0. The predicted molar refractivity (Wildman–Crippen MR) is 161 cm³/mol. The summed E-state index contributed by atoms with van der Waals surface area (Å²) in [6, 6.07) is 3.31. The summed E-state index contributed by atoms with van der Waals surface area (Å²) in [4.78, 5) is 50.4. The molecule has 0 aromatic carbocycles. The minimum atomic E-state index is -1.49. The van der Waals surface area contributed by atoms with Gasteiger partial charge in [-0.05, 0) is 69.1 Å². The van der Waals surface area contributed by atoms with Crippen LogP contribution in [0.5, 0.6) is 0 Å². The highest BCUT2D eigenvalue weighted by Crippen LogP contribution is 2.52. The second kappa shape index (κ2) is 10.8. The molecule has 226 valence electrons. The molecule has 3 heterocycles. The van der Waals surface area contributed by atoms with E-state index in [0.717, 1.165) is 28.9 Å². The molecule has 0 saturated heterocycles. The molecule has 1 saturated carbocycles. The van der Waals surface area contributed by atoms with Gasteiger partial charge >= 0.3 is 0 Å². The van der Waals surface area contributed by atoms with E-state index in [1.807, 2.05) is 58.9 Å². The number of hydrogen-bond acceptors (Lipinski definition) is 5. The Hall–Kier alpha value is -4.21. The van der Waals surface area contributed by atoms with Gasteiger partial charge in [-0.2, -0.15) is 0 Å². The minimum absolute atomic E-state index is 0.0910. The fourth-order valence-corrected chi connectivity index (χ4v) is 6.30. The van der Waals surface area contributed by atoms with E-state index in [4.69, 9.17) is 0 Å². The van der Waals surface area contributed by atoms with Crippen LogP contribution in [0, 0.1) is 5.41 Å². The van der Waals surface area contributed by atoms with Crippen LogP contribution < -0.4 is 10.6 Å². The van der Waals surface area contributed by atoms with Crippen LogP contribution in [-0.2, 0) is 19.8 Å². The van der Waals surface area contributed by atoms with Crippen LogP contribution in [0.1, 0.15) is 66.4 Å². The van der Waals surface area contributed by atoms with Crippen molar-refractivity contribution < 1.29 is 23.2 Å². The Balaban J connectivity index is 1.38. The molecule has 3 atom stereocenters. The topological polar surface area (TPSA) is 104 Å². The number of hydrogen-bond donors (Lipinski definition) is 2. The average Bonchev–Trinajstić information content (AvgIpc) is 3.47. The molecule has 43 heavy (non-hydrogen) atoms. The van der Waals surface area contributed by atoms with E-state index in [0.29, 0.717) is 18.7 Å². The maximum atomic E-state index is 14.5. The van der Waals surface area contributed by atoms with E-state index < -0.39 is 46.0 Å². The Morgan fingerprint density at radius 1 is 1.21 bits per heavy atom. The van der Waals surface area contributed by atoms with Crippen molar-refractivity contribution >= 4 is 29.3 Å². The Morgan fingerprint density at radius 2 is 1.93 bits per heavy atom. The second-order valence-corrected chi connectivity index (χ2v) is 12.8. The van der Waals surface area contributed by atoms with Gasteiger partial charge in [0, 0.05) is 35.2 Å². The number of halogens is 2. The highest BCUT2D eigenvalue weighted by Gasteiger charge is 2.52. The molecule has 1 aromatic rings. The molecule has 0 bridgehead atoms. The summed E-state index contributed by atoms with van der Waals surface area (Å²) in [6.45, 7) is 10.4. The third-order valence-electron chi connectivity index (χ3n) is 8.53. The van der Waals surface area contributed by atoms with Gasteiger partial charge in [0.1, 0.15) is 29.7 Å². The van der Waals surface area contributed by atoms with Crippen molar-refractivity contribution in [3.05, 3.63) is 82.6 Å². The lowest BCUT2D eigenvalue weighted by molar-refractivity contribution is -0.133. The average molecular weight is 590 g/mol. The number of amides is 3. The summed E-state index contributed by atoms with van der Waals surface area (Å²) in [5.74, 6) is -1.64. The Kier molecular flexibility index (Phi) is 7.61. The van der Waals surface area contributed by atoms with Crippen LogP contribution in [0.2, 0.25) is 0 Å². The molecule has 8 nitrogen and oxygen atoms in total. The predicted octanol–water partition coefficient (Wildman–Crippen LogP) is 5.53. The van der Waals surface area contributed by atoms with Crippen molar-refractivity contribution in [3.8, 4) is 0 Å². The summed E-state index contributed by atoms with van der Waals surface area (Å²) in [5, 5.41) is 5.84. The zero-order chi connectivity index (χ0) is 31.3. The molecule has 2 N–H and O–H groups in total. The van der Waals surface area contributed by atoms with Crippen LogP contribution in [0.25, 0.3) is 0 Å². The van der Waals surface area contributed by atoms with Crippen LogP contribution in [-0.4, -0.2) is 51.6 Å². The van der Waals surface area contributed by atoms with Crippen LogP contribution >= 0.6 is 0 Å². The molecule has 4 aliphatic rings. The Bertz CT molecular complexity index is 1600. The van der Waals surface area contributed by atoms with Crippen molar-refractivity contribution in [2.24, 2.45) is 10.4 Å². The second-order valence-electron chi connectivity index (χ2n) is 12.8. The monoisotopic (exact) mass is 589 g/mol. The smallest absolute Gasteiger partial charge is 0.271 e. The third-order valence-corrected chi connectivity index (χ3v) is 8.53. The first-order valence-electron chi connectivity index (χ1n) is 14.5. The number of carbonyl (C=O) groups excluding carboxylic acids is 3. The lowest BCUT2D eigenvalue weighted by Gasteiger charge is -2.34. The first-order valence-corrected chi connectivity index (χ1v) is 14.5. The van der Waals surface area contributed by atoms with E-state index in [2.05, 4.69) is 20.6 Å². The van der Waals surface area contributed by atoms with Crippen LogP contribution in [0.3, 0.4) is 0 Å². The van der Waals surface area contributed by atoms with Gasteiger partial charge in [-0.3, -0.25) is 24.3 Å².